The quantitative estimate of drug-likeness (QED) is 0.317. The van der Waals surface area contributed by atoms with Crippen molar-refractivity contribution < 1.29 is 13.2 Å². The minimum Gasteiger partial charge on any atom is -0.271 e. The van der Waals surface area contributed by atoms with Crippen LogP contribution in [0.1, 0.15) is 5.56 Å². The van der Waals surface area contributed by atoms with Crippen molar-refractivity contribution >= 4 is 74.2 Å². The van der Waals surface area contributed by atoms with Gasteiger partial charge in [-0.05, 0) is 36.4 Å². The zero-order valence-corrected chi connectivity index (χ0v) is 20.0. The molecule has 0 radical (unpaired) electrons. The van der Waals surface area contributed by atoms with Gasteiger partial charge in [-0.1, -0.05) is 76.7 Å². The van der Waals surface area contributed by atoms with Crippen molar-refractivity contribution in [3.8, 4) is 0 Å². The van der Waals surface area contributed by atoms with Crippen LogP contribution in [0.3, 0.4) is 0 Å². The third-order valence-electron chi connectivity index (χ3n) is 4.20. The van der Waals surface area contributed by atoms with Gasteiger partial charge < -0.3 is 0 Å². The van der Waals surface area contributed by atoms with E-state index in [0.29, 0.717) is 15.6 Å². The number of nitrogens with zero attached hydrogens (tertiary/aromatic N) is 2. The lowest BCUT2D eigenvalue weighted by Crippen LogP contribution is -2.39. The van der Waals surface area contributed by atoms with Crippen molar-refractivity contribution in [1.82, 2.24) is 5.43 Å². The normalized spacial score (nSPS) is 11.5. The second-order valence-electron chi connectivity index (χ2n) is 6.33. The van der Waals surface area contributed by atoms with Crippen molar-refractivity contribution in [2.75, 3.05) is 10.8 Å². The van der Waals surface area contributed by atoms with Crippen LogP contribution in [0.25, 0.3) is 0 Å². The zero-order chi connectivity index (χ0) is 23.3. The van der Waals surface area contributed by atoms with Crippen molar-refractivity contribution in [1.29, 1.82) is 0 Å². The van der Waals surface area contributed by atoms with Crippen LogP contribution in [0.5, 0.6) is 0 Å². The topological polar surface area (TPSA) is 78.8 Å². The van der Waals surface area contributed by atoms with Crippen LogP contribution in [-0.4, -0.2) is 27.1 Å². The van der Waals surface area contributed by atoms with Crippen LogP contribution in [-0.2, 0) is 14.8 Å². The molecule has 0 unspecified atom stereocenters. The highest BCUT2D eigenvalue weighted by atomic mass is 35.5. The molecule has 0 aliphatic carbocycles. The Balaban J connectivity index is 1.90. The number of hydrazone groups is 1. The molecular weight excluding hydrogens is 516 g/mol. The number of benzene rings is 3. The number of halogens is 4. The molecule has 0 saturated carbocycles. The maximum Gasteiger partial charge on any atom is 0.264 e. The van der Waals surface area contributed by atoms with Gasteiger partial charge in [-0.25, -0.2) is 13.8 Å². The van der Waals surface area contributed by atoms with Crippen LogP contribution in [0.2, 0.25) is 20.1 Å². The van der Waals surface area contributed by atoms with Crippen molar-refractivity contribution in [3.05, 3.63) is 92.4 Å². The summed E-state index contributed by atoms with van der Waals surface area (Å²) in [5, 5.41) is 4.65. The molecule has 1 amide bonds. The SMILES string of the molecule is O=C(CN(c1cccc(Cl)c1Cl)S(=O)(=O)c1ccccc1)N/N=C/c1c(Cl)cccc1Cl. The van der Waals surface area contributed by atoms with Crippen LogP contribution < -0.4 is 9.73 Å². The fourth-order valence-corrected chi connectivity index (χ4v) is 5.07. The van der Waals surface area contributed by atoms with E-state index in [4.69, 9.17) is 46.4 Å². The second-order valence-corrected chi connectivity index (χ2v) is 9.79. The van der Waals surface area contributed by atoms with Crippen molar-refractivity contribution in [2.24, 2.45) is 5.10 Å². The summed E-state index contributed by atoms with van der Waals surface area (Å²) >= 11 is 24.5. The Labute approximate surface area is 205 Å². The van der Waals surface area contributed by atoms with Gasteiger partial charge in [0.15, 0.2) is 0 Å². The highest BCUT2D eigenvalue weighted by Crippen LogP contribution is 2.35. The van der Waals surface area contributed by atoms with Crippen molar-refractivity contribution in [3.63, 3.8) is 0 Å². The Morgan fingerprint density at radius 3 is 2.12 bits per heavy atom. The molecule has 1 N–H and O–H groups in total. The Hall–Kier alpha value is -2.29. The van der Waals surface area contributed by atoms with E-state index in [1.807, 2.05) is 0 Å². The first-order valence-electron chi connectivity index (χ1n) is 8.99. The van der Waals surface area contributed by atoms with E-state index in [2.05, 4.69) is 10.5 Å². The summed E-state index contributed by atoms with van der Waals surface area (Å²) in [6.07, 6.45) is 1.27. The molecule has 0 aromatic heterocycles. The van der Waals surface area contributed by atoms with Crippen LogP contribution in [0, 0.1) is 0 Å². The third-order valence-corrected chi connectivity index (χ3v) is 7.44. The molecule has 0 fully saturated rings. The summed E-state index contributed by atoms with van der Waals surface area (Å²) in [5.41, 5.74) is 2.73. The van der Waals surface area contributed by atoms with Gasteiger partial charge in [-0.3, -0.25) is 9.10 Å². The Bertz CT molecular complexity index is 1250. The Kier molecular flexibility index (Phi) is 8.03. The molecule has 0 aliphatic rings. The van der Waals surface area contributed by atoms with E-state index in [1.54, 1.807) is 36.4 Å². The number of carbonyl (C=O) groups is 1. The van der Waals surface area contributed by atoms with Gasteiger partial charge in [0.25, 0.3) is 15.9 Å². The lowest BCUT2D eigenvalue weighted by Gasteiger charge is -2.24. The molecule has 0 bridgehead atoms. The Morgan fingerprint density at radius 1 is 0.875 bits per heavy atom. The average molecular weight is 531 g/mol. The van der Waals surface area contributed by atoms with Gasteiger partial charge in [-0.2, -0.15) is 5.10 Å². The minimum atomic E-state index is -4.14. The van der Waals surface area contributed by atoms with E-state index >= 15 is 0 Å². The van der Waals surface area contributed by atoms with E-state index in [9.17, 15) is 13.2 Å². The second kappa shape index (κ2) is 10.6. The number of hydrogen-bond acceptors (Lipinski definition) is 4. The number of hydrogen-bond donors (Lipinski definition) is 1. The molecule has 6 nitrogen and oxygen atoms in total. The van der Waals surface area contributed by atoms with Gasteiger partial charge in [0.1, 0.15) is 6.54 Å². The molecule has 3 aromatic rings. The fourth-order valence-electron chi connectivity index (χ4n) is 2.67. The standard InChI is InChI=1S/C21H15Cl4N3O3S/c22-16-8-4-9-17(23)15(16)12-26-27-20(29)13-28(19-11-5-10-18(24)21(19)25)32(30,31)14-6-2-1-3-7-14/h1-12H,13H2,(H,27,29)/b26-12+. The number of nitrogens with one attached hydrogen (secondary N) is 1. The molecule has 32 heavy (non-hydrogen) atoms. The van der Waals surface area contributed by atoms with Crippen LogP contribution >= 0.6 is 46.4 Å². The first kappa shape index (κ1) is 24.4. The summed E-state index contributed by atoms with van der Waals surface area (Å²) in [4.78, 5) is 12.6. The minimum absolute atomic E-state index is 0.00665. The largest absolute Gasteiger partial charge is 0.271 e. The summed E-state index contributed by atoms with van der Waals surface area (Å²) in [6.45, 7) is -0.606. The van der Waals surface area contributed by atoms with Gasteiger partial charge in [-0.15, -0.1) is 0 Å². The van der Waals surface area contributed by atoms with Gasteiger partial charge >= 0.3 is 0 Å². The fraction of sp³-hybridized carbons (Fsp3) is 0.0476. The first-order chi connectivity index (χ1) is 15.2. The molecular formula is C21H15Cl4N3O3S. The summed E-state index contributed by atoms with van der Waals surface area (Å²) in [6, 6.07) is 17.0. The monoisotopic (exact) mass is 529 g/mol. The highest BCUT2D eigenvalue weighted by Gasteiger charge is 2.29. The first-order valence-corrected chi connectivity index (χ1v) is 11.9. The highest BCUT2D eigenvalue weighted by molar-refractivity contribution is 7.92. The van der Waals surface area contributed by atoms with Crippen LogP contribution in [0.15, 0.2) is 76.7 Å². The molecule has 11 heteroatoms. The van der Waals surface area contributed by atoms with E-state index < -0.39 is 22.5 Å². The van der Waals surface area contributed by atoms with E-state index in [0.717, 1.165) is 4.31 Å². The third kappa shape index (κ3) is 5.54. The summed E-state index contributed by atoms with van der Waals surface area (Å²) in [5.74, 6) is -0.722. The van der Waals surface area contributed by atoms with Crippen LogP contribution in [0.4, 0.5) is 5.69 Å². The molecule has 0 atom stereocenters. The molecule has 0 heterocycles. The van der Waals surface area contributed by atoms with Gasteiger partial charge in [0, 0.05) is 5.56 Å². The smallest absolute Gasteiger partial charge is 0.264 e. The lowest BCUT2D eigenvalue weighted by atomic mass is 10.2. The van der Waals surface area contributed by atoms with E-state index in [-0.39, 0.29) is 20.6 Å². The molecule has 3 rings (SSSR count). The van der Waals surface area contributed by atoms with Gasteiger partial charge in [0.2, 0.25) is 0 Å². The number of carbonyl (C=O) groups excluding carboxylic acids is 1. The number of anilines is 1. The van der Waals surface area contributed by atoms with Gasteiger partial charge in [0.05, 0.1) is 36.9 Å². The number of sulfonamides is 1. The predicted octanol–water partition coefficient (Wildman–Crippen LogP) is 5.65. The Morgan fingerprint density at radius 2 is 1.47 bits per heavy atom. The maximum atomic E-state index is 13.3. The molecule has 0 saturated heterocycles. The lowest BCUT2D eigenvalue weighted by molar-refractivity contribution is -0.119. The predicted molar refractivity (Wildman–Crippen MR) is 130 cm³/mol. The molecule has 166 valence electrons. The molecule has 0 spiro atoms. The molecule has 3 aromatic carbocycles. The maximum absolute atomic E-state index is 13.3. The summed E-state index contributed by atoms with van der Waals surface area (Å²) in [7, 11) is -4.14. The number of rotatable bonds is 7. The molecule has 0 aliphatic heterocycles. The van der Waals surface area contributed by atoms with Crippen molar-refractivity contribution in [2.45, 2.75) is 4.90 Å². The zero-order valence-electron chi connectivity index (χ0n) is 16.2. The van der Waals surface area contributed by atoms with E-state index in [1.165, 1.54) is 36.5 Å². The number of amides is 1. The summed E-state index contributed by atoms with van der Waals surface area (Å²) < 4.78 is 27.4. The average Bonchev–Trinajstić information content (AvgIpc) is 2.77.